The third-order valence-electron chi connectivity index (χ3n) is 4.25. The van der Waals surface area contributed by atoms with Crippen LogP contribution in [-0.2, 0) is 9.09 Å². The molecule has 0 aliphatic carbocycles. The highest BCUT2D eigenvalue weighted by Crippen LogP contribution is 2.30. The van der Waals surface area contributed by atoms with Crippen LogP contribution in [0.5, 0.6) is 0 Å². The highest BCUT2D eigenvalue weighted by atomic mass is 31.2. The Morgan fingerprint density at radius 2 is 1.56 bits per heavy atom. The summed E-state index contributed by atoms with van der Waals surface area (Å²) < 4.78 is 14.6. The maximum absolute atomic E-state index is 11.6. The van der Waals surface area contributed by atoms with Crippen molar-refractivity contribution in [2.75, 3.05) is 13.2 Å². The van der Waals surface area contributed by atoms with E-state index in [-0.39, 0.29) is 12.5 Å². The van der Waals surface area contributed by atoms with Gasteiger partial charge in [-0.3, -0.25) is 4.57 Å². The lowest BCUT2D eigenvalue weighted by atomic mass is 10.1. The first-order valence-electron chi connectivity index (χ1n) is 10.5. The number of nitrogens with zero attached hydrogens (tertiary/aromatic N) is 1. The highest BCUT2D eigenvalue weighted by molar-refractivity contribution is 7.44. The lowest BCUT2D eigenvalue weighted by Crippen LogP contribution is -2.17. The smallest absolute Gasteiger partial charge is 0.265 e. The minimum atomic E-state index is -4.62. The molecule has 0 aliphatic heterocycles. The Hall–Kier alpha value is -0.680. The van der Waals surface area contributed by atoms with Crippen LogP contribution >= 0.6 is 7.82 Å². The molecule has 6 nitrogen and oxygen atoms in total. The molecule has 0 aliphatic rings. The van der Waals surface area contributed by atoms with Gasteiger partial charge in [0.2, 0.25) is 0 Å². The summed E-state index contributed by atoms with van der Waals surface area (Å²) in [6, 6.07) is 0. The van der Waals surface area contributed by atoms with Crippen LogP contribution in [0.1, 0.15) is 96.8 Å². The fourth-order valence-electron chi connectivity index (χ4n) is 2.67. The number of phosphoric ester groups is 1. The molecule has 160 valence electrons. The molecule has 0 bridgehead atoms. The lowest BCUT2D eigenvalue weighted by molar-refractivity contribution is -0.221. The number of rotatable bonds is 19. The molecule has 7 heteroatoms. The second-order valence-corrected chi connectivity index (χ2v) is 8.11. The van der Waals surface area contributed by atoms with Gasteiger partial charge in [-0.15, -0.1) is 0 Å². The largest absolute Gasteiger partial charge is 0.862 e. The first-order chi connectivity index (χ1) is 13.0. The lowest BCUT2D eigenvalue weighted by Gasteiger charge is -2.15. The van der Waals surface area contributed by atoms with E-state index < -0.39 is 7.82 Å². The van der Waals surface area contributed by atoms with Crippen LogP contribution < -0.4 is 10.00 Å². The minimum Gasteiger partial charge on any atom is -0.862 e. The van der Waals surface area contributed by atoms with Crippen molar-refractivity contribution in [2.24, 2.45) is 4.99 Å². The Bertz CT molecular complexity index is 434. The summed E-state index contributed by atoms with van der Waals surface area (Å²) in [6.07, 6.45) is 19.3. The summed E-state index contributed by atoms with van der Waals surface area (Å²) in [5.74, 6) is -0.0846. The van der Waals surface area contributed by atoms with Crippen molar-refractivity contribution < 1.29 is 24.0 Å². The third kappa shape index (κ3) is 23.3. The molecule has 0 amide bonds. The van der Waals surface area contributed by atoms with Gasteiger partial charge in [0.1, 0.15) is 0 Å². The van der Waals surface area contributed by atoms with Crippen molar-refractivity contribution in [3.63, 3.8) is 0 Å². The zero-order valence-electron chi connectivity index (χ0n) is 16.9. The van der Waals surface area contributed by atoms with E-state index in [0.717, 1.165) is 25.7 Å². The van der Waals surface area contributed by atoms with E-state index in [0.29, 0.717) is 25.8 Å². The van der Waals surface area contributed by atoms with Crippen molar-refractivity contribution >= 4 is 13.7 Å². The molecule has 1 atom stereocenters. The molecule has 0 saturated heterocycles. The standard InChI is InChI=1S/C20H40NO5P/c1-2-3-4-5-6-7-8-9-10-11-12-13-14-17-20(22)21-18-15-16-19-26-27(23,24)25/h7-8H,2-6,9-19H2,1H3,(H,21,22)(H2,23,24,25)/p-2/b8-7-. The van der Waals surface area contributed by atoms with Crippen LogP contribution in [0.15, 0.2) is 17.1 Å². The quantitative estimate of drug-likeness (QED) is 0.114. The molecule has 0 spiro atoms. The first-order valence-corrected chi connectivity index (χ1v) is 12.0. The summed E-state index contributed by atoms with van der Waals surface area (Å²) >= 11 is 0. The molecule has 27 heavy (non-hydrogen) atoms. The molecule has 1 unspecified atom stereocenters. The van der Waals surface area contributed by atoms with Gasteiger partial charge >= 0.3 is 0 Å². The van der Waals surface area contributed by atoms with Gasteiger partial charge in [0.05, 0.1) is 6.61 Å². The summed E-state index contributed by atoms with van der Waals surface area (Å²) in [5, 5.41) is 11.6. The Labute approximate surface area is 165 Å². The highest BCUT2D eigenvalue weighted by Gasteiger charge is 2.00. The molecular weight excluding hydrogens is 365 g/mol. The van der Waals surface area contributed by atoms with Gasteiger partial charge in [0.15, 0.2) is 0 Å². The van der Waals surface area contributed by atoms with Crippen LogP contribution in [0.3, 0.4) is 0 Å². The van der Waals surface area contributed by atoms with Gasteiger partial charge < -0.3 is 24.4 Å². The van der Waals surface area contributed by atoms with E-state index in [1.54, 1.807) is 0 Å². The molecule has 0 heterocycles. The van der Waals surface area contributed by atoms with Crippen molar-refractivity contribution in [2.45, 2.75) is 96.8 Å². The molecule has 0 rings (SSSR count). The molecular formula is C20H38NO5P-2. The average molecular weight is 404 g/mol. The Balaban J connectivity index is 3.36. The summed E-state index contributed by atoms with van der Waals surface area (Å²) in [6.45, 7) is 2.54. The van der Waals surface area contributed by atoms with Crippen LogP contribution in [0.2, 0.25) is 0 Å². The Morgan fingerprint density at radius 1 is 0.963 bits per heavy atom. The van der Waals surface area contributed by atoms with Gasteiger partial charge in [0, 0.05) is 6.54 Å². The molecule has 0 aromatic carbocycles. The maximum Gasteiger partial charge on any atom is 0.265 e. The van der Waals surface area contributed by atoms with Crippen LogP contribution in [0.25, 0.3) is 0 Å². The fraction of sp³-hybridized carbons (Fsp3) is 0.850. The van der Waals surface area contributed by atoms with E-state index in [2.05, 4.69) is 28.6 Å². The van der Waals surface area contributed by atoms with E-state index in [1.165, 1.54) is 44.9 Å². The third-order valence-corrected chi connectivity index (χ3v) is 4.76. The topological polar surface area (TPSA) is 105 Å². The molecule has 0 aromatic rings. The maximum atomic E-state index is 11.6. The zero-order valence-corrected chi connectivity index (χ0v) is 17.8. The average Bonchev–Trinajstić information content (AvgIpc) is 2.61. The Kier molecular flexibility index (Phi) is 18.2. The SMILES string of the molecule is CCCCCC/C=C\CCCCCCCC([O-])=NCCCCOP(=O)([O-])O. The molecule has 0 aromatic heterocycles. The Morgan fingerprint density at radius 3 is 2.19 bits per heavy atom. The number of hydrogen-bond acceptors (Lipinski definition) is 5. The minimum absolute atomic E-state index is 0.0744. The van der Waals surface area contributed by atoms with Crippen LogP contribution in [0.4, 0.5) is 0 Å². The van der Waals surface area contributed by atoms with Gasteiger partial charge in [-0.25, -0.2) is 0 Å². The second-order valence-electron chi connectivity index (χ2n) is 6.91. The number of allylic oxidation sites excluding steroid dienone is 2. The van der Waals surface area contributed by atoms with E-state index in [4.69, 9.17) is 4.89 Å². The van der Waals surface area contributed by atoms with Crippen molar-refractivity contribution in [1.29, 1.82) is 0 Å². The fourth-order valence-corrected chi connectivity index (χ4v) is 3.03. The van der Waals surface area contributed by atoms with Crippen LogP contribution in [-0.4, -0.2) is 23.9 Å². The van der Waals surface area contributed by atoms with E-state index in [9.17, 15) is 14.6 Å². The summed E-state index contributed by atoms with van der Waals surface area (Å²) in [4.78, 5) is 22.7. The monoisotopic (exact) mass is 403 g/mol. The van der Waals surface area contributed by atoms with E-state index >= 15 is 0 Å². The number of aliphatic imine (C=N–C) groups is 1. The molecule has 0 fully saturated rings. The van der Waals surface area contributed by atoms with Crippen molar-refractivity contribution in [1.82, 2.24) is 0 Å². The summed E-state index contributed by atoms with van der Waals surface area (Å²) in [7, 11) is -4.62. The molecule has 0 saturated carbocycles. The summed E-state index contributed by atoms with van der Waals surface area (Å²) in [5.41, 5.74) is 0. The van der Waals surface area contributed by atoms with Gasteiger partial charge in [-0.05, 0) is 57.3 Å². The predicted molar refractivity (Wildman–Crippen MR) is 108 cm³/mol. The van der Waals surface area contributed by atoms with Crippen molar-refractivity contribution in [3.05, 3.63) is 12.2 Å². The first kappa shape index (κ1) is 26.3. The van der Waals surface area contributed by atoms with Crippen molar-refractivity contribution in [3.8, 4) is 0 Å². The predicted octanol–water partition coefficient (Wildman–Crippen LogP) is 4.26. The number of hydrogen-bond donors (Lipinski definition) is 1. The van der Waals surface area contributed by atoms with Crippen LogP contribution in [0, 0.1) is 0 Å². The van der Waals surface area contributed by atoms with Gasteiger partial charge in [0.25, 0.3) is 7.82 Å². The van der Waals surface area contributed by atoms with Gasteiger partial charge in [-0.2, -0.15) is 0 Å². The molecule has 1 N–H and O–H groups in total. The van der Waals surface area contributed by atoms with E-state index in [1.807, 2.05) is 0 Å². The molecule has 0 radical (unpaired) electrons. The number of unbranched alkanes of at least 4 members (excludes halogenated alkanes) is 10. The zero-order chi connectivity index (χ0) is 20.2. The second kappa shape index (κ2) is 18.7. The normalized spacial score (nSPS) is 14.7. The number of phosphoric acid groups is 1. The van der Waals surface area contributed by atoms with Gasteiger partial charge in [-0.1, -0.05) is 57.6 Å².